The molecule has 8 nitrogen and oxygen atoms in total. The van der Waals surface area contributed by atoms with Crippen LogP contribution in [0, 0.1) is 11.3 Å². The van der Waals surface area contributed by atoms with E-state index in [-0.39, 0.29) is 6.04 Å². The molecule has 1 aliphatic rings. The second kappa shape index (κ2) is 5.30. The maximum atomic E-state index is 8.82. The van der Waals surface area contributed by atoms with Crippen molar-refractivity contribution in [3.05, 3.63) is 23.8 Å². The fraction of sp³-hybridized carbons (Fsp3) is 0.500. The Hall–Kier alpha value is -2.40. The molecule has 1 aliphatic heterocycles. The van der Waals surface area contributed by atoms with Crippen LogP contribution in [0.4, 0.5) is 6.01 Å². The molecule has 20 heavy (non-hydrogen) atoms. The minimum atomic E-state index is 0.217. The summed E-state index contributed by atoms with van der Waals surface area (Å²) in [5.41, 5.74) is 0.573. The summed E-state index contributed by atoms with van der Waals surface area (Å²) in [6, 6.07) is 2.80. The molecule has 3 heterocycles. The van der Waals surface area contributed by atoms with Crippen LogP contribution in [-0.2, 0) is 11.3 Å². The van der Waals surface area contributed by atoms with Crippen molar-refractivity contribution in [1.82, 2.24) is 19.9 Å². The first kappa shape index (κ1) is 12.6. The van der Waals surface area contributed by atoms with Crippen molar-refractivity contribution in [1.29, 1.82) is 5.26 Å². The van der Waals surface area contributed by atoms with Gasteiger partial charge in [-0.3, -0.25) is 4.68 Å². The molecule has 1 unspecified atom stereocenters. The maximum absolute atomic E-state index is 8.82. The van der Waals surface area contributed by atoms with Crippen LogP contribution in [0.25, 0.3) is 0 Å². The highest BCUT2D eigenvalue weighted by atomic mass is 16.5. The van der Waals surface area contributed by atoms with Gasteiger partial charge in [-0.05, 0) is 6.42 Å². The summed E-state index contributed by atoms with van der Waals surface area (Å²) in [6.45, 7) is 1.90. The van der Waals surface area contributed by atoms with Crippen molar-refractivity contribution in [2.24, 2.45) is 0 Å². The van der Waals surface area contributed by atoms with Crippen LogP contribution in [0.1, 0.15) is 23.9 Å². The monoisotopic (exact) mass is 274 g/mol. The first-order valence-electron chi connectivity index (χ1n) is 6.31. The minimum absolute atomic E-state index is 0.217. The fourth-order valence-electron chi connectivity index (χ4n) is 2.29. The Labute approximate surface area is 115 Å². The van der Waals surface area contributed by atoms with Gasteiger partial charge in [0.25, 0.3) is 0 Å². The van der Waals surface area contributed by atoms with Gasteiger partial charge >= 0.3 is 6.01 Å². The number of hydrogen-bond acceptors (Lipinski definition) is 7. The van der Waals surface area contributed by atoms with Gasteiger partial charge in [-0.2, -0.15) is 15.3 Å². The molecule has 0 amide bonds. The Morgan fingerprint density at radius 1 is 1.60 bits per heavy atom. The molecule has 1 saturated heterocycles. The normalized spacial score (nSPS) is 18.4. The first-order valence-corrected chi connectivity index (χ1v) is 6.31. The van der Waals surface area contributed by atoms with E-state index in [0.29, 0.717) is 24.0 Å². The van der Waals surface area contributed by atoms with Crippen LogP contribution < -0.4 is 4.90 Å². The molecular weight excluding hydrogens is 260 g/mol. The van der Waals surface area contributed by atoms with E-state index in [9.17, 15) is 0 Å². The van der Waals surface area contributed by atoms with Crippen LogP contribution in [0.3, 0.4) is 0 Å². The number of rotatable bonds is 4. The molecule has 104 valence electrons. The van der Waals surface area contributed by atoms with Gasteiger partial charge in [0.1, 0.15) is 12.7 Å². The highest BCUT2D eigenvalue weighted by Gasteiger charge is 2.28. The average Bonchev–Trinajstić information content (AvgIpc) is 3.18. The number of hydrogen-bond donors (Lipinski definition) is 0. The molecule has 8 heteroatoms. The van der Waals surface area contributed by atoms with Crippen molar-refractivity contribution in [3.8, 4) is 6.07 Å². The summed E-state index contributed by atoms with van der Waals surface area (Å²) in [7, 11) is 1.59. The molecule has 2 aromatic rings. The summed E-state index contributed by atoms with van der Waals surface area (Å²) in [6.07, 6.45) is 4.26. The van der Waals surface area contributed by atoms with Crippen LogP contribution >= 0.6 is 0 Å². The van der Waals surface area contributed by atoms with Crippen molar-refractivity contribution in [2.45, 2.75) is 19.1 Å². The van der Waals surface area contributed by atoms with E-state index in [2.05, 4.69) is 21.3 Å². The zero-order chi connectivity index (χ0) is 13.9. The average molecular weight is 274 g/mol. The van der Waals surface area contributed by atoms with Crippen molar-refractivity contribution < 1.29 is 9.26 Å². The third kappa shape index (κ3) is 2.35. The van der Waals surface area contributed by atoms with Gasteiger partial charge in [0.2, 0.25) is 0 Å². The Kier molecular flexibility index (Phi) is 3.35. The SMILES string of the molecule is COCc1noc(N2CCC(n3cc(C#N)cn3)C2)n1. The van der Waals surface area contributed by atoms with E-state index in [0.717, 1.165) is 19.5 Å². The number of ether oxygens (including phenoxy) is 1. The summed E-state index contributed by atoms with van der Waals surface area (Å²) in [5, 5.41) is 16.9. The lowest BCUT2D eigenvalue weighted by Crippen LogP contribution is -2.21. The predicted molar refractivity (Wildman–Crippen MR) is 67.8 cm³/mol. The van der Waals surface area contributed by atoms with Crippen molar-refractivity contribution >= 4 is 6.01 Å². The molecule has 1 atom stereocenters. The number of aromatic nitrogens is 4. The van der Waals surface area contributed by atoms with E-state index in [1.807, 2.05) is 9.58 Å². The summed E-state index contributed by atoms with van der Waals surface area (Å²) in [4.78, 5) is 6.29. The second-order valence-electron chi connectivity index (χ2n) is 4.64. The summed E-state index contributed by atoms with van der Waals surface area (Å²) in [5.74, 6) is 0.539. The predicted octanol–water partition coefficient (Wildman–Crippen LogP) is 0.736. The van der Waals surface area contributed by atoms with E-state index in [4.69, 9.17) is 14.5 Å². The van der Waals surface area contributed by atoms with Gasteiger partial charge in [-0.25, -0.2) is 0 Å². The molecule has 0 bridgehead atoms. The third-order valence-corrected chi connectivity index (χ3v) is 3.27. The Morgan fingerprint density at radius 3 is 3.25 bits per heavy atom. The first-order chi connectivity index (χ1) is 9.80. The van der Waals surface area contributed by atoms with Crippen molar-refractivity contribution in [3.63, 3.8) is 0 Å². The Morgan fingerprint density at radius 2 is 2.50 bits per heavy atom. The molecule has 0 aromatic carbocycles. The van der Waals surface area contributed by atoms with E-state index >= 15 is 0 Å². The lowest BCUT2D eigenvalue weighted by atomic mass is 10.3. The molecule has 0 aliphatic carbocycles. The number of methoxy groups -OCH3 is 1. The van der Waals surface area contributed by atoms with Crippen molar-refractivity contribution in [2.75, 3.05) is 25.1 Å². The van der Waals surface area contributed by atoms with Gasteiger partial charge in [-0.15, -0.1) is 0 Å². The summed E-state index contributed by atoms with van der Waals surface area (Å²) >= 11 is 0. The number of anilines is 1. The quantitative estimate of drug-likeness (QED) is 0.811. The zero-order valence-electron chi connectivity index (χ0n) is 11.1. The minimum Gasteiger partial charge on any atom is -0.377 e. The molecule has 0 saturated carbocycles. The summed E-state index contributed by atoms with van der Waals surface area (Å²) < 4.78 is 12.0. The van der Waals surface area contributed by atoms with Crippen LogP contribution in [0.2, 0.25) is 0 Å². The van der Waals surface area contributed by atoms with Gasteiger partial charge in [0.05, 0.1) is 17.8 Å². The zero-order valence-corrected chi connectivity index (χ0v) is 11.1. The molecule has 0 N–H and O–H groups in total. The van der Waals surface area contributed by atoms with Crippen LogP contribution in [-0.4, -0.2) is 40.1 Å². The highest BCUT2D eigenvalue weighted by molar-refractivity contribution is 5.28. The van der Waals surface area contributed by atoms with E-state index < -0.39 is 0 Å². The fourth-order valence-corrected chi connectivity index (χ4v) is 2.29. The van der Waals surface area contributed by atoms with E-state index in [1.165, 1.54) is 0 Å². The number of nitriles is 1. The highest BCUT2D eigenvalue weighted by Crippen LogP contribution is 2.25. The molecule has 2 aromatic heterocycles. The van der Waals surface area contributed by atoms with Gasteiger partial charge in [0.15, 0.2) is 5.82 Å². The van der Waals surface area contributed by atoms with Gasteiger partial charge in [0, 0.05) is 26.4 Å². The van der Waals surface area contributed by atoms with Crippen LogP contribution in [0.15, 0.2) is 16.9 Å². The van der Waals surface area contributed by atoms with Gasteiger partial charge in [-0.1, -0.05) is 5.16 Å². The van der Waals surface area contributed by atoms with Gasteiger partial charge < -0.3 is 14.2 Å². The smallest absolute Gasteiger partial charge is 0.324 e. The number of nitrogens with zero attached hydrogens (tertiary/aromatic N) is 6. The maximum Gasteiger partial charge on any atom is 0.324 e. The molecule has 0 spiro atoms. The largest absolute Gasteiger partial charge is 0.377 e. The molecule has 3 rings (SSSR count). The van der Waals surface area contributed by atoms with Crippen LogP contribution in [0.5, 0.6) is 0 Å². The topological polar surface area (TPSA) is 93.0 Å². The second-order valence-corrected chi connectivity index (χ2v) is 4.64. The van der Waals surface area contributed by atoms with E-state index in [1.54, 1.807) is 19.5 Å². The lowest BCUT2D eigenvalue weighted by molar-refractivity contribution is 0.174. The third-order valence-electron chi connectivity index (χ3n) is 3.27. The Bertz CT molecular complexity index is 628. The molecule has 1 fully saturated rings. The standard InChI is InChI=1S/C12H14N6O2/c1-19-8-11-15-12(20-16-11)17-3-2-10(7-17)18-6-9(4-13)5-14-18/h5-6,10H,2-3,7-8H2,1H3. The lowest BCUT2D eigenvalue weighted by Gasteiger charge is -2.12. The Balaban J connectivity index is 1.68. The molecular formula is C12H14N6O2. The molecule has 0 radical (unpaired) electrons.